The summed E-state index contributed by atoms with van der Waals surface area (Å²) in [4.78, 5) is 11.2. The van der Waals surface area contributed by atoms with Gasteiger partial charge >= 0.3 is 0 Å². The summed E-state index contributed by atoms with van der Waals surface area (Å²) in [5.74, 6) is 0. The van der Waals surface area contributed by atoms with Gasteiger partial charge in [-0.25, -0.2) is 0 Å². The zero-order chi connectivity index (χ0) is 15.0. The second-order valence-corrected chi connectivity index (χ2v) is 5.78. The Hall–Kier alpha value is -2.33. The van der Waals surface area contributed by atoms with Crippen molar-refractivity contribution in [3.8, 4) is 0 Å². The number of rotatable bonds is 3. The number of aldehydes is 1. The monoisotopic (exact) mass is 282 g/mol. The molecule has 0 saturated heterocycles. The van der Waals surface area contributed by atoms with E-state index in [-0.39, 0.29) is 6.04 Å². The standard InChI is InChI=1S/C17H18N2O2/c1-17(2,21)13-7-5-12(6-8-13)14-10-19-9-3-4-16(19)15(11-20)18-14/h3-11,15,18,21H,1-2H3. The fraction of sp³-hybridized carbons (Fsp3) is 0.235. The van der Waals surface area contributed by atoms with E-state index in [1.54, 1.807) is 13.8 Å². The number of nitrogens with zero attached hydrogens (tertiary/aromatic N) is 1. The molecule has 3 rings (SSSR count). The zero-order valence-corrected chi connectivity index (χ0v) is 12.1. The van der Waals surface area contributed by atoms with E-state index >= 15 is 0 Å². The average molecular weight is 282 g/mol. The molecular formula is C17H18N2O2. The van der Waals surface area contributed by atoms with Crippen molar-refractivity contribution < 1.29 is 9.90 Å². The minimum absolute atomic E-state index is 0.339. The minimum Gasteiger partial charge on any atom is -0.386 e. The van der Waals surface area contributed by atoms with E-state index in [4.69, 9.17) is 0 Å². The molecule has 2 aromatic rings. The van der Waals surface area contributed by atoms with Crippen LogP contribution in [0.4, 0.5) is 0 Å². The first-order valence-corrected chi connectivity index (χ1v) is 6.93. The number of carbonyl (C=O) groups excluding carboxylic acids is 1. The largest absolute Gasteiger partial charge is 0.386 e. The van der Waals surface area contributed by atoms with Gasteiger partial charge in [-0.3, -0.25) is 0 Å². The van der Waals surface area contributed by atoms with Gasteiger partial charge in [-0.15, -0.1) is 0 Å². The smallest absolute Gasteiger partial charge is 0.148 e. The second-order valence-electron chi connectivity index (χ2n) is 5.78. The molecule has 1 unspecified atom stereocenters. The number of carbonyl (C=O) groups is 1. The second kappa shape index (κ2) is 4.90. The van der Waals surface area contributed by atoms with Crippen molar-refractivity contribution in [1.82, 2.24) is 9.88 Å². The lowest BCUT2D eigenvalue weighted by Gasteiger charge is -2.24. The molecule has 2 heterocycles. The number of fused-ring (bicyclic) bond motifs is 1. The Morgan fingerprint density at radius 1 is 1.24 bits per heavy atom. The highest BCUT2D eigenvalue weighted by Gasteiger charge is 2.21. The summed E-state index contributed by atoms with van der Waals surface area (Å²) in [6, 6.07) is 11.2. The summed E-state index contributed by atoms with van der Waals surface area (Å²) < 4.78 is 1.95. The summed E-state index contributed by atoms with van der Waals surface area (Å²) in [5.41, 5.74) is 2.80. The van der Waals surface area contributed by atoms with Crippen molar-refractivity contribution in [1.29, 1.82) is 0 Å². The fourth-order valence-electron chi connectivity index (χ4n) is 2.53. The molecule has 1 atom stereocenters. The van der Waals surface area contributed by atoms with Gasteiger partial charge in [-0.2, -0.15) is 0 Å². The van der Waals surface area contributed by atoms with Crippen molar-refractivity contribution in [2.45, 2.75) is 25.5 Å². The van der Waals surface area contributed by atoms with E-state index in [0.29, 0.717) is 0 Å². The summed E-state index contributed by atoms with van der Waals surface area (Å²) in [6.07, 6.45) is 4.80. The normalized spacial score (nSPS) is 17.7. The third-order valence-corrected chi connectivity index (χ3v) is 3.75. The molecule has 0 amide bonds. The summed E-state index contributed by atoms with van der Waals surface area (Å²) in [5, 5.41) is 13.2. The maximum atomic E-state index is 11.2. The highest BCUT2D eigenvalue weighted by Crippen LogP contribution is 2.27. The summed E-state index contributed by atoms with van der Waals surface area (Å²) >= 11 is 0. The first-order valence-electron chi connectivity index (χ1n) is 6.93. The van der Waals surface area contributed by atoms with Crippen LogP contribution in [0.15, 0.2) is 42.6 Å². The zero-order valence-electron chi connectivity index (χ0n) is 12.1. The van der Waals surface area contributed by atoms with Crippen LogP contribution in [0.1, 0.15) is 36.7 Å². The molecule has 0 fully saturated rings. The van der Waals surface area contributed by atoms with E-state index in [1.165, 1.54) is 0 Å². The van der Waals surface area contributed by atoms with Crippen LogP contribution in [-0.4, -0.2) is 16.0 Å². The molecule has 0 aliphatic carbocycles. The number of benzene rings is 1. The maximum absolute atomic E-state index is 11.2. The Balaban J connectivity index is 1.96. The number of aliphatic hydroxyl groups is 1. The molecule has 0 spiro atoms. The van der Waals surface area contributed by atoms with Crippen LogP contribution >= 0.6 is 0 Å². The van der Waals surface area contributed by atoms with Gasteiger partial charge in [0.15, 0.2) is 0 Å². The maximum Gasteiger partial charge on any atom is 0.148 e. The molecule has 1 aromatic heterocycles. The molecular weight excluding hydrogens is 264 g/mol. The predicted molar refractivity (Wildman–Crippen MR) is 82.2 cm³/mol. The molecule has 2 N–H and O–H groups in total. The van der Waals surface area contributed by atoms with Gasteiger partial charge in [-0.05, 0) is 37.1 Å². The van der Waals surface area contributed by atoms with E-state index in [9.17, 15) is 9.90 Å². The van der Waals surface area contributed by atoms with Gasteiger partial charge < -0.3 is 19.8 Å². The lowest BCUT2D eigenvalue weighted by Crippen LogP contribution is -2.27. The molecule has 1 aliphatic rings. The summed E-state index contributed by atoms with van der Waals surface area (Å²) in [6.45, 7) is 3.52. The van der Waals surface area contributed by atoms with Gasteiger partial charge in [0.1, 0.15) is 12.3 Å². The molecule has 0 bridgehead atoms. The quantitative estimate of drug-likeness (QED) is 0.851. The highest BCUT2D eigenvalue weighted by atomic mass is 16.3. The van der Waals surface area contributed by atoms with E-state index in [1.807, 2.05) is 53.4 Å². The topological polar surface area (TPSA) is 54.3 Å². The number of nitrogens with one attached hydrogen (secondary N) is 1. The molecule has 4 nitrogen and oxygen atoms in total. The molecule has 0 radical (unpaired) electrons. The molecule has 1 aromatic carbocycles. The molecule has 1 aliphatic heterocycles. The minimum atomic E-state index is -0.855. The van der Waals surface area contributed by atoms with Crippen molar-refractivity contribution in [3.63, 3.8) is 0 Å². The third-order valence-electron chi connectivity index (χ3n) is 3.75. The number of hydrogen-bond acceptors (Lipinski definition) is 3. The SMILES string of the molecule is CC(C)(O)c1ccc(C2=Cn3cccc3C(C=O)N2)cc1. The van der Waals surface area contributed by atoms with Gasteiger partial charge in [0.25, 0.3) is 0 Å². The molecule has 21 heavy (non-hydrogen) atoms. The van der Waals surface area contributed by atoms with Crippen molar-refractivity contribution in [3.05, 3.63) is 59.4 Å². The Labute approximate surface area is 123 Å². The van der Waals surface area contributed by atoms with E-state index in [2.05, 4.69) is 5.32 Å². The fourth-order valence-corrected chi connectivity index (χ4v) is 2.53. The van der Waals surface area contributed by atoms with Gasteiger partial charge in [0.05, 0.1) is 17.0 Å². The van der Waals surface area contributed by atoms with E-state index in [0.717, 1.165) is 28.8 Å². The lowest BCUT2D eigenvalue weighted by molar-refractivity contribution is -0.109. The molecule has 0 saturated carbocycles. The third kappa shape index (κ3) is 2.50. The number of aromatic nitrogens is 1. The summed E-state index contributed by atoms with van der Waals surface area (Å²) in [7, 11) is 0. The van der Waals surface area contributed by atoms with E-state index < -0.39 is 5.60 Å². The first-order chi connectivity index (χ1) is 9.99. The van der Waals surface area contributed by atoms with Crippen LogP contribution in [-0.2, 0) is 10.4 Å². The first kappa shape index (κ1) is 13.6. The molecule has 108 valence electrons. The average Bonchev–Trinajstić information content (AvgIpc) is 2.93. The van der Waals surface area contributed by atoms with Crippen LogP contribution < -0.4 is 5.32 Å². The van der Waals surface area contributed by atoms with Gasteiger partial charge in [-0.1, -0.05) is 24.3 Å². The van der Waals surface area contributed by atoms with Crippen molar-refractivity contribution in [2.75, 3.05) is 0 Å². The van der Waals surface area contributed by atoms with Crippen LogP contribution in [0.2, 0.25) is 0 Å². The van der Waals surface area contributed by atoms with Crippen LogP contribution in [0.5, 0.6) is 0 Å². The Bertz CT molecular complexity index is 690. The van der Waals surface area contributed by atoms with Gasteiger partial charge in [0, 0.05) is 12.4 Å². The highest BCUT2D eigenvalue weighted by molar-refractivity contribution is 5.80. The Kier molecular flexibility index (Phi) is 3.18. The Morgan fingerprint density at radius 2 is 1.95 bits per heavy atom. The van der Waals surface area contributed by atoms with Crippen molar-refractivity contribution >= 4 is 18.2 Å². The Morgan fingerprint density at radius 3 is 2.57 bits per heavy atom. The van der Waals surface area contributed by atoms with Crippen LogP contribution in [0, 0.1) is 0 Å². The lowest BCUT2D eigenvalue weighted by atomic mass is 9.96. The van der Waals surface area contributed by atoms with Gasteiger partial charge in [0.2, 0.25) is 0 Å². The molecule has 4 heteroatoms. The van der Waals surface area contributed by atoms with Crippen LogP contribution in [0.3, 0.4) is 0 Å². The van der Waals surface area contributed by atoms with Crippen LogP contribution in [0.25, 0.3) is 11.9 Å². The predicted octanol–water partition coefficient (Wildman–Crippen LogP) is 2.51. The number of hydrogen-bond donors (Lipinski definition) is 2. The van der Waals surface area contributed by atoms with Crippen molar-refractivity contribution in [2.24, 2.45) is 0 Å².